The molecule has 0 bridgehead atoms. The molecule has 3 aliphatic rings. The van der Waals surface area contributed by atoms with E-state index in [0.717, 1.165) is 25.0 Å². The van der Waals surface area contributed by atoms with Crippen molar-refractivity contribution in [2.24, 2.45) is 0 Å². The second-order valence-corrected chi connectivity index (χ2v) is 8.50. The Morgan fingerprint density at radius 2 is 1.90 bits per heavy atom. The number of carbonyl (C=O) groups excluding carboxylic acids is 1. The number of hydrogen-bond acceptors (Lipinski definition) is 5. The number of amides is 1. The van der Waals surface area contributed by atoms with E-state index >= 15 is 0 Å². The van der Waals surface area contributed by atoms with Crippen LogP contribution in [-0.2, 0) is 15.7 Å². The molecule has 3 heterocycles. The fourth-order valence-electron chi connectivity index (χ4n) is 4.27. The van der Waals surface area contributed by atoms with Crippen LogP contribution < -0.4 is 10.2 Å². The number of furan rings is 1. The molecule has 6 nitrogen and oxygen atoms in total. The molecule has 1 saturated heterocycles. The number of benzene rings is 1. The van der Waals surface area contributed by atoms with E-state index < -0.39 is 36.0 Å². The summed E-state index contributed by atoms with van der Waals surface area (Å²) >= 11 is 0. The molecule has 31 heavy (non-hydrogen) atoms. The molecule has 2 fully saturated rings. The van der Waals surface area contributed by atoms with E-state index in [1.54, 1.807) is 0 Å². The highest BCUT2D eigenvalue weighted by molar-refractivity contribution is 6.08. The molecule has 10 heteroatoms. The van der Waals surface area contributed by atoms with Crippen molar-refractivity contribution < 1.29 is 36.2 Å². The fourth-order valence-corrected chi connectivity index (χ4v) is 4.27. The van der Waals surface area contributed by atoms with Crippen molar-refractivity contribution >= 4 is 22.6 Å². The Bertz CT molecular complexity index is 993. The van der Waals surface area contributed by atoms with Crippen LogP contribution >= 0.6 is 0 Å². The van der Waals surface area contributed by atoms with Crippen LogP contribution in [0.15, 0.2) is 22.6 Å². The number of halogens is 4. The van der Waals surface area contributed by atoms with Gasteiger partial charge in [-0.25, -0.2) is 4.39 Å². The number of fused-ring (bicyclic) bond motifs is 3. The topological polar surface area (TPSA) is 63.9 Å². The second-order valence-electron chi connectivity index (χ2n) is 8.50. The smallest absolute Gasteiger partial charge is 0.416 e. The van der Waals surface area contributed by atoms with Gasteiger partial charge >= 0.3 is 6.18 Å². The maximum Gasteiger partial charge on any atom is 0.416 e. The minimum absolute atomic E-state index is 0.0244. The molecule has 168 valence electrons. The molecule has 1 amide bonds. The standard InChI is InChI=1S/C21H22F4N2O4/c22-8-14-10-29-13(9-30-14)3-6-27-11-20(4-5-20)26-19(28)18-17(27)15-7-12(21(23,24)25)1-2-16(15)31-18/h1-2,7,13-14H,3-6,8-11H2,(H,26,28)/t13-,14-/m0/s1. The number of nitrogens with one attached hydrogen (secondary N) is 1. The summed E-state index contributed by atoms with van der Waals surface area (Å²) in [6.45, 7) is 0.712. The maximum atomic E-state index is 13.3. The Morgan fingerprint density at radius 3 is 2.55 bits per heavy atom. The first kappa shape index (κ1) is 20.6. The molecule has 1 spiro atoms. The van der Waals surface area contributed by atoms with Gasteiger partial charge in [-0.2, -0.15) is 13.2 Å². The van der Waals surface area contributed by atoms with Crippen molar-refractivity contribution in [2.45, 2.75) is 43.2 Å². The SMILES string of the molecule is O=C1NC2(CC2)CN(CC[C@H]2CO[C@@H](CF)CO2)c2c1oc1ccc(C(F)(F)F)cc21. The number of rotatable bonds is 4. The van der Waals surface area contributed by atoms with E-state index in [9.17, 15) is 22.4 Å². The first-order valence-corrected chi connectivity index (χ1v) is 10.3. The number of alkyl halides is 4. The van der Waals surface area contributed by atoms with Gasteiger partial charge in [0.2, 0.25) is 5.76 Å². The summed E-state index contributed by atoms with van der Waals surface area (Å²) in [5.41, 5.74) is -0.583. The largest absolute Gasteiger partial charge is 0.449 e. The fraction of sp³-hybridized carbons (Fsp3) is 0.571. The van der Waals surface area contributed by atoms with Crippen molar-refractivity contribution in [1.82, 2.24) is 5.32 Å². The van der Waals surface area contributed by atoms with Crippen molar-refractivity contribution in [3.63, 3.8) is 0 Å². The third-order valence-electron chi connectivity index (χ3n) is 6.17. The zero-order valence-corrected chi connectivity index (χ0v) is 16.6. The van der Waals surface area contributed by atoms with Crippen LogP contribution in [0.5, 0.6) is 0 Å². The highest BCUT2D eigenvalue weighted by Gasteiger charge is 2.49. The molecule has 1 aliphatic carbocycles. The molecule has 1 aromatic heterocycles. The van der Waals surface area contributed by atoms with E-state index in [4.69, 9.17) is 13.9 Å². The number of ether oxygens (including phenoxy) is 2. The lowest BCUT2D eigenvalue weighted by molar-refractivity contribution is -0.138. The van der Waals surface area contributed by atoms with Gasteiger partial charge in [0.15, 0.2) is 0 Å². The Morgan fingerprint density at radius 1 is 1.16 bits per heavy atom. The van der Waals surface area contributed by atoms with E-state index in [2.05, 4.69) is 5.32 Å². The lowest BCUT2D eigenvalue weighted by Crippen LogP contribution is -2.44. The van der Waals surface area contributed by atoms with Crippen LogP contribution in [0.2, 0.25) is 0 Å². The Kier molecular flexibility index (Phi) is 4.89. The van der Waals surface area contributed by atoms with Crippen LogP contribution in [-0.4, -0.2) is 56.6 Å². The minimum Gasteiger partial charge on any atom is -0.449 e. The van der Waals surface area contributed by atoms with E-state index in [1.165, 1.54) is 6.07 Å². The Labute approximate surface area is 175 Å². The highest BCUT2D eigenvalue weighted by atomic mass is 19.4. The first-order valence-electron chi connectivity index (χ1n) is 10.3. The van der Waals surface area contributed by atoms with Gasteiger partial charge in [-0.15, -0.1) is 0 Å². The van der Waals surface area contributed by atoms with Crippen molar-refractivity contribution in [3.8, 4) is 0 Å². The van der Waals surface area contributed by atoms with Crippen molar-refractivity contribution in [1.29, 1.82) is 0 Å². The van der Waals surface area contributed by atoms with Crippen LogP contribution in [0, 0.1) is 0 Å². The zero-order chi connectivity index (χ0) is 21.8. The molecular formula is C21H22F4N2O4. The summed E-state index contributed by atoms with van der Waals surface area (Å²) in [6.07, 6.45) is -3.20. The van der Waals surface area contributed by atoms with E-state index in [-0.39, 0.29) is 36.0 Å². The molecule has 0 radical (unpaired) electrons. The maximum absolute atomic E-state index is 13.3. The molecule has 2 aliphatic heterocycles. The van der Waals surface area contributed by atoms with Gasteiger partial charge < -0.3 is 24.1 Å². The van der Waals surface area contributed by atoms with Gasteiger partial charge in [0.05, 0.1) is 36.1 Å². The van der Waals surface area contributed by atoms with Gasteiger partial charge in [-0.1, -0.05) is 0 Å². The highest BCUT2D eigenvalue weighted by Crippen LogP contribution is 2.45. The second kappa shape index (κ2) is 7.37. The monoisotopic (exact) mass is 442 g/mol. The lowest BCUT2D eigenvalue weighted by atomic mass is 10.1. The van der Waals surface area contributed by atoms with E-state index in [1.807, 2.05) is 4.90 Å². The first-order chi connectivity index (χ1) is 14.8. The molecule has 1 aromatic carbocycles. The quantitative estimate of drug-likeness (QED) is 0.732. The lowest BCUT2D eigenvalue weighted by Gasteiger charge is -2.31. The van der Waals surface area contributed by atoms with Gasteiger partial charge in [-0.3, -0.25) is 4.79 Å². The Hall–Kier alpha value is -2.33. The van der Waals surface area contributed by atoms with Crippen molar-refractivity contribution in [2.75, 3.05) is 37.9 Å². The van der Waals surface area contributed by atoms with Crippen LogP contribution in [0.3, 0.4) is 0 Å². The predicted octanol–water partition coefficient (Wildman–Crippen LogP) is 3.68. The number of anilines is 1. The number of nitrogens with zero attached hydrogens (tertiary/aromatic N) is 1. The van der Waals surface area contributed by atoms with Gasteiger partial charge in [0.1, 0.15) is 18.4 Å². The molecule has 2 aromatic rings. The summed E-state index contributed by atoms with van der Waals surface area (Å²) in [7, 11) is 0. The number of hydrogen-bond donors (Lipinski definition) is 1. The summed E-state index contributed by atoms with van der Waals surface area (Å²) in [4.78, 5) is 14.7. The number of carbonyl (C=O) groups is 1. The molecule has 1 N–H and O–H groups in total. The summed E-state index contributed by atoms with van der Waals surface area (Å²) in [5.74, 6) is -0.390. The average Bonchev–Trinajstić information content (AvgIpc) is 3.40. The van der Waals surface area contributed by atoms with E-state index in [0.29, 0.717) is 25.2 Å². The molecular weight excluding hydrogens is 420 g/mol. The van der Waals surface area contributed by atoms with Crippen molar-refractivity contribution in [3.05, 3.63) is 29.5 Å². The normalized spacial score (nSPS) is 25.4. The van der Waals surface area contributed by atoms with Gasteiger partial charge in [0, 0.05) is 18.5 Å². The van der Waals surface area contributed by atoms with Crippen LogP contribution in [0.4, 0.5) is 23.2 Å². The third kappa shape index (κ3) is 3.87. The molecule has 0 unspecified atom stereocenters. The molecule has 1 saturated carbocycles. The molecule has 2 atom stereocenters. The van der Waals surface area contributed by atoms with Gasteiger partial charge in [0.25, 0.3) is 5.91 Å². The summed E-state index contributed by atoms with van der Waals surface area (Å²) in [5, 5.41) is 3.24. The minimum atomic E-state index is -4.51. The zero-order valence-electron chi connectivity index (χ0n) is 16.6. The summed E-state index contributed by atoms with van der Waals surface area (Å²) < 4.78 is 69.4. The Balaban J connectivity index is 1.47. The summed E-state index contributed by atoms with van der Waals surface area (Å²) in [6, 6.07) is 3.24. The van der Waals surface area contributed by atoms with Gasteiger partial charge in [-0.05, 0) is 37.5 Å². The third-order valence-corrected chi connectivity index (χ3v) is 6.17. The predicted molar refractivity (Wildman–Crippen MR) is 103 cm³/mol. The molecule has 5 rings (SSSR count). The average molecular weight is 442 g/mol. The van der Waals surface area contributed by atoms with Crippen LogP contribution in [0.25, 0.3) is 11.0 Å². The van der Waals surface area contributed by atoms with Crippen LogP contribution in [0.1, 0.15) is 35.4 Å².